The first-order chi connectivity index (χ1) is 4.16. The highest BCUT2D eigenvalue weighted by molar-refractivity contribution is 8.23. The molecule has 0 aromatic rings. The van der Waals surface area contributed by atoms with Crippen LogP contribution >= 0.6 is 24.0 Å². The van der Waals surface area contributed by atoms with E-state index in [2.05, 4.69) is 17.0 Å². The van der Waals surface area contributed by atoms with Crippen molar-refractivity contribution in [3.8, 4) is 0 Å². The van der Waals surface area contributed by atoms with E-state index in [-0.39, 0.29) is 19.1 Å². The minimum atomic E-state index is -0.389. The van der Waals surface area contributed by atoms with Gasteiger partial charge in [-0.1, -0.05) is 19.2 Å². The van der Waals surface area contributed by atoms with Crippen LogP contribution in [-0.4, -0.2) is 23.2 Å². The van der Waals surface area contributed by atoms with Crippen LogP contribution in [0.1, 0.15) is 7.43 Å². The van der Waals surface area contributed by atoms with E-state index < -0.39 is 0 Å². The van der Waals surface area contributed by atoms with Gasteiger partial charge in [-0.05, 0) is 12.2 Å². The molecule has 3 nitrogen and oxygen atoms in total. The third-order valence-corrected chi connectivity index (χ3v) is 1.85. The van der Waals surface area contributed by atoms with E-state index in [0.717, 1.165) is 11.8 Å². The van der Waals surface area contributed by atoms with Gasteiger partial charge in [-0.15, -0.1) is 0 Å². The van der Waals surface area contributed by atoms with Gasteiger partial charge < -0.3 is 10.5 Å². The van der Waals surface area contributed by atoms with Gasteiger partial charge in [-0.2, -0.15) is 0 Å². The van der Waals surface area contributed by atoms with Crippen LogP contribution in [-0.2, 0) is 9.53 Å². The number of hydrogen-bond acceptors (Lipinski definition) is 4. The third kappa shape index (κ3) is 7.71. The number of amides is 1. The fourth-order valence-corrected chi connectivity index (χ4v) is 0.744. The fourth-order valence-electron chi connectivity index (χ4n) is 0.189. The molecule has 0 heterocycles. The lowest BCUT2D eigenvalue weighted by atomic mass is 10.8. The van der Waals surface area contributed by atoms with Crippen LogP contribution in [0.25, 0.3) is 0 Å². The summed E-state index contributed by atoms with van der Waals surface area (Å²) in [5, 5.41) is 0. The number of rotatable bonds is 2. The first-order valence-corrected chi connectivity index (χ1v) is 3.55. The topological polar surface area (TPSA) is 52.3 Å². The lowest BCUT2D eigenvalue weighted by molar-refractivity contribution is -0.115. The summed E-state index contributed by atoms with van der Waals surface area (Å²) in [6.45, 7) is 0. The maximum atomic E-state index is 10.1. The van der Waals surface area contributed by atoms with Crippen molar-refractivity contribution >= 4 is 34.3 Å². The van der Waals surface area contributed by atoms with Crippen LogP contribution in [0.3, 0.4) is 0 Å². The van der Waals surface area contributed by atoms with Crippen LogP contribution in [0.2, 0.25) is 0 Å². The van der Waals surface area contributed by atoms with Crippen LogP contribution in [0, 0.1) is 0 Å². The summed E-state index contributed by atoms with van der Waals surface area (Å²) in [7, 11) is 1.45. The maximum absolute atomic E-state index is 10.1. The second-order valence-electron chi connectivity index (χ2n) is 1.21. The van der Waals surface area contributed by atoms with Crippen LogP contribution in [0.5, 0.6) is 0 Å². The van der Waals surface area contributed by atoms with Gasteiger partial charge in [0.15, 0.2) is 0 Å². The highest BCUT2D eigenvalue weighted by Gasteiger charge is 1.98. The molecule has 2 N–H and O–H groups in total. The maximum Gasteiger partial charge on any atom is 0.227 e. The largest absolute Gasteiger partial charge is 0.482 e. The zero-order valence-electron chi connectivity index (χ0n) is 4.92. The number of nitrogens with two attached hydrogens (primary N) is 1. The molecule has 0 radical (unpaired) electrons. The number of carbonyl (C=O) groups is 1. The lowest BCUT2D eigenvalue weighted by Crippen LogP contribution is -2.14. The zero-order valence-corrected chi connectivity index (χ0v) is 6.55. The summed E-state index contributed by atoms with van der Waals surface area (Å²) < 4.78 is 4.93. The molecule has 0 saturated carbocycles. The first kappa shape index (κ1) is 12.4. The van der Waals surface area contributed by atoms with Crippen molar-refractivity contribution in [3.63, 3.8) is 0 Å². The second-order valence-corrected chi connectivity index (χ2v) is 2.79. The fraction of sp³-hybridized carbons (Fsp3) is 0.600. The predicted octanol–water partition coefficient (Wildman–Crippen LogP) is 0.772. The van der Waals surface area contributed by atoms with E-state index in [1.165, 1.54) is 7.11 Å². The van der Waals surface area contributed by atoms with E-state index in [0.29, 0.717) is 4.38 Å². The Morgan fingerprint density at radius 3 is 2.60 bits per heavy atom. The summed E-state index contributed by atoms with van der Waals surface area (Å²) in [5.41, 5.74) is 4.82. The number of thiocarbonyl (C=S) groups is 1. The average Bonchev–Trinajstić information content (AvgIpc) is 1.83. The number of primary amides is 1. The number of ether oxygens (including phenoxy) is 1. The number of thioether (sulfide) groups is 1. The van der Waals surface area contributed by atoms with Crippen LogP contribution in [0.4, 0.5) is 0 Å². The van der Waals surface area contributed by atoms with E-state index in [9.17, 15) is 4.79 Å². The Balaban J connectivity index is 0. The number of carbonyl (C=O) groups excluding carboxylic acids is 1. The molecular weight excluding hydrogens is 170 g/mol. The highest BCUT2D eigenvalue weighted by atomic mass is 32.2. The summed E-state index contributed by atoms with van der Waals surface area (Å²) in [6, 6.07) is 0. The summed E-state index contributed by atoms with van der Waals surface area (Å²) >= 11 is 5.73. The van der Waals surface area contributed by atoms with Crippen molar-refractivity contribution in [2.24, 2.45) is 5.73 Å². The molecule has 0 fully saturated rings. The molecule has 0 aliphatic heterocycles. The van der Waals surface area contributed by atoms with Crippen molar-refractivity contribution in [3.05, 3.63) is 0 Å². The van der Waals surface area contributed by atoms with Gasteiger partial charge >= 0.3 is 0 Å². The van der Waals surface area contributed by atoms with Crippen LogP contribution < -0.4 is 5.73 Å². The summed E-state index contributed by atoms with van der Waals surface area (Å²) in [4.78, 5) is 10.1. The Bertz CT molecular complexity index is 127. The SMILES string of the molecule is C.COC(=S)SCC(N)=O. The molecule has 0 aliphatic rings. The zero-order chi connectivity index (χ0) is 7.28. The number of methoxy groups -OCH3 is 1. The molecular formula is C5H11NO2S2. The van der Waals surface area contributed by atoms with Crippen molar-refractivity contribution in [2.45, 2.75) is 7.43 Å². The van der Waals surface area contributed by atoms with E-state index in [4.69, 9.17) is 5.73 Å². The Kier molecular flexibility index (Phi) is 8.46. The molecule has 60 valence electrons. The van der Waals surface area contributed by atoms with Crippen molar-refractivity contribution in [2.75, 3.05) is 12.9 Å². The molecule has 1 amide bonds. The van der Waals surface area contributed by atoms with Gasteiger partial charge in [0.25, 0.3) is 0 Å². The molecule has 10 heavy (non-hydrogen) atoms. The second kappa shape index (κ2) is 6.82. The molecule has 0 aromatic heterocycles. The standard InChI is InChI=1S/C4H7NO2S2.CH4/c1-7-4(8)9-2-3(5)6;/h2H2,1H3,(H2,5,6);1H4. The van der Waals surface area contributed by atoms with Crippen molar-refractivity contribution < 1.29 is 9.53 Å². The Labute approximate surface area is 70.3 Å². The van der Waals surface area contributed by atoms with E-state index >= 15 is 0 Å². The minimum absolute atomic E-state index is 0. The summed E-state index contributed by atoms with van der Waals surface area (Å²) in [6.07, 6.45) is 0. The molecule has 0 spiro atoms. The molecule has 0 aliphatic carbocycles. The normalized spacial score (nSPS) is 7.70. The number of hydrogen-bond donors (Lipinski definition) is 1. The molecule has 0 atom stereocenters. The lowest BCUT2D eigenvalue weighted by Gasteiger charge is -1.96. The first-order valence-electron chi connectivity index (χ1n) is 2.16. The molecule has 0 aromatic carbocycles. The van der Waals surface area contributed by atoms with Gasteiger partial charge in [0.05, 0.1) is 12.9 Å². The molecule has 5 heteroatoms. The van der Waals surface area contributed by atoms with Gasteiger partial charge in [0, 0.05) is 0 Å². The van der Waals surface area contributed by atoms with E-state index in [1.807, 2.05) is 0 Å². The predicted molar refractivity (Wildman–Crippen MR) is 48.0 cm³/mol. The van der Waals surface area contributed by atoms with Gasteiger partial charge in [-0.25, -0.2) is 0 Å². The van der Waals surface area contributed by atoms with Crippen molar-refractivity contribution in [1.29, 1.82) is 0 Å². The summed E-state index contributed by atoms with van der Waals surface area (Å²) in [5.74, 6) is -0.202. The average molecular weight is 181 g/mol. The molecule has 0 bridgehead atoms. The van der Waals surface area contributed by atoms with Gasteiger partial charge in [0.2, 0.25) is 10.3 Å². The highest BCUT2D eigenvalue weighted by Crippen LogP contribution is 2.02. The minimum Gasteiger partial charge on any atom is -0.482 e. The van der Waals surface area contributed by atoms with Crippen LogP contribution in [0.15, 0.2) is 0 Å². The van der Waals surface area contributed by atoms with Gasteiger partial charge in [0.1, 0.15) is 0 Å². The smallest absolute Gasteiger partial charge is 0.227 e. The third-order valence-electron chi connectivity index (χ3n) is 0.499. The molecule has 0 unspecified atom stereocenters. The Hall–Kier alpha value is -0.290. The molecule has 0 rings (SSSR count). The Morgan fingerprint density at radius 2 is 2.30 bits per heavy atom. The monoisotopic (exact) mass is 181 g/mol. The van der Waals surface area contributed by atoms with E-state index in [1.54, 1.807) is 0 Å². The Morgan fingerprint density at radius 1 is 1.80 bits per heavy atom. The van der Waals surface area contributed by atoms with Crippen molar-refractivity contribution in [1.82, 2.24) is 0 Å². The van der Waals surface area contributed by atoms with Gasteiger partial charge in [-0.3, -0.25) is 4.79 Å². The molecule has 0 saturated heterocycles. The quantitative estimate of drug-likeness (QED) is 0.639.